The van der Waals surface area contributed by atoms with E-state index in [-0.39, 0.29) is 5.56 Å². The Hall–Kier alpha value is -2.31. The molecular formula is C19H14BrN3OS. The van der Waals surface area contributed by atoms with E-state index in [1.165, 1.54) is 21.4 Å². The highest BCUT2D eigenvalue weighted by Gasteiger charge is 2.11. The second kappa shape index (κ2) is 6.54. The van der Waals surface area contributed by atoms with Crippen molar-refractivity contribution in [2.75, 3.05) is 0 Å². The van der Waals surface area contributed by atoms with Crippen molar-refractivity contribution in [1.82, 2.24) is 14.6 Å². The third kappa shape index (κ3) is 3.15. The van der Waals surface area contributed by atoms with Gasteiger partial charge < -0.3 is 0 Å². The van der Waals surface area contributed by atoms with Crippen LogP contribution in [0.25, 0.3) is 22.4 Å². The molecule has 4 rings (SSSR count). The van der Waals surface area contributed by atoms with Crippen LogP contribution in [0.15, 0.2) is 57.8 Å². The van der Waals surface area contributed by atoms with Crippen LogP contribution in [0.5, 0.6) is 0 Å². The van der Waals surface area contributed by atoms with Crippen LogP contribution in [0.2, 0.25) is 0 Å². The lowest BCUT2D eigenvalue weighted by Gasteiger charge is -1.96. The van der Waals surface area contributed by atoms with Crippen molar-refractivity contribution < 1.29 is 0 Å². The third-order valence-corrected chi connectivity index (χ3v) is 5.46. The third-order valence-electron chi connectivity index (χ3n) is 3.97. The maximum absolute atomic E-state index is 12.6. The maximum atomic E-state index is 12.6. The highest BCUT2D eigenvalue weighted by molar-refractivity contribution is 9.10. The van der Waals surface area contributed by atoms with E-state index in [0.29, 0.717) is 15.3 Å². The van der Waals surface area contributed by atoms with Gasteiger partial charge in [-0.3, -0.25) is 4.79 Å². The zero-order chi connectivity index (χ0) is 17.4. The minimum absolute atomic E-state index is 0.129. The Morgan fingerprint density at radius 2 is 1.84 bits per heavy atom. The predicted octanol–water partition coefficient (Wildman–Crippen LogP) is 3.69. The van der Waals surface area contributed by atoms with Crippen LogP contribution in [0.1, 0.15) is 18.1 Å². The van der Waals surface area contributed by atoms with Gasteiger partial charge in [0.1, 0.15) is 0 Å². The zero-order valence-electron chi connectivity index (χ0n) is 13.4. The van der Waals surface area contributed by atoms with Gasteiger partial charge in [-0.2, -0.15) is 9.50 Å². The Labute approximate surface area is 156 Å². The second-order valence-electron chi connectivity index (χ2n) is 5.65. The smallest absolute Gasteiger partial charge is 0.266 e. The Kier molecular flexibility index (Phi) is 4.23. The summed E-state index contributed by atoms with van der Waals surface area (Å²) in [5, 5.41) is 4.37. The molecule has 4 aromatic rings. The number of nitrogens with zero attached hydrogens (tertiary/aromatic N) is 3. The second-order valence-corrected chi connectivity index (χ2v) is 7.57. The molecular weight excluding hydrogens is 398 g/mol. The standard InChI is InChI=1S/C19H14BrN3OS/c1-2-12-3-5-13(6-4-12)11-16-18(24)23-19(25-16)21-17(22-23)14-7-9-15(20)10-8-14/h3-11H,2H2,1H3/b16-11-. The summed E-state index contributed by atoms with van der Waals surface area (Å²) in [5.74, 6) is 0.565. The van der Waals surface area contributed by atoms with Gasteiger partial charge in [0, 0.05) is 10.0 Å². The van der Waals surface area contributed by atoms with E-state index in [9.17, 15) is 4.79 Å². The minimum atomic E-state index is -0.129. The molecule has 2 heterocycles. The fraction of sp³-hybridized carbons (Fsp3) is 0.105. The zero-order valence-corrected chi connectivity index (χ0v) is 15.8. The molecule has 0 saturated heterocycles. The monoisotopic (exact) mass is 411 g/mol. The van der Waals surface area contributed by atoms with E-state index in [1.54, 1.807) is 0 Å². The summed E-state index contributed by atoms with van der Waals surface area (Å²) in [7, 11) is 0. The molecule has 0 N–H and O–H groups in total. The van der Waals surface area contributed by atoms with E-state index in [0.717, 1.165) is 22.0 Å². The Balaban J connectivity index is 1.76. The lowest BCUT2D eigenvalue weighted by molar-refractivity contribution is 0.937. The molecule has 0 amide bonds. The van der Waals surface area contributed by atoms with Crippen LogP contribution < -0.4 is 10.1 Å². The van der Waals surface area contributed by atoms with Crippen molar-refractivity contribution in [2.45, 2.75) is 13.3 Å². The van der Waals surface area contributed by atoms with Gasteiger partial charge in [-0.1, -0.05) is 70.6 Å². The van der Waals surface area contributed by atoms with Gasteiger partial charge in [0.05, 0.1) is 4.53 Å². The molecule has 0 aliphatic carbocycles. The number of aromatic nitrogens is 3. The highest BCUT2D eigenvalue weighted by Crippen LogP contribution is 2.19. The SMILES string of the molecule is CCc1ccc(/C=c2\sc3nc(-c4ccc(Br)cc4)nn3c2=O)cc1. The van der Waals surface area contributed by atoms with E-state index in [2.05, 4.69) is 45.1 Å². The van der Waals surface area contributed by atoms with Gasteiger partial charge in [-0.15, -0.1) is 5.10 Å². The van der Waals surface area contributed by atoms with Crippen LogP contribution in [0.4, 0.5) is 0 Å². The highest BCUT2D eigenvalue weighted by atomic mass is 79.9. The fourth-order valence-corrected chi connectivity index (χ4v) is 3.73. The molecule has 2 aromatic carbocycles. The predicted molar refractivity (Wildman–Crippen MR) is 105 cm³/mol. The number of benzene rings is 2. The summed E-state index contributed by atoms with van der Waals surface area (Å²) in [6, 6.07) is 15.9. The van der Waals surface area contributed by atoms with Crippen LogP contribution in [-0.4, -0.2) is 14.6 Å². The lowest BCUT2D eigenvalue weighted by Crippen LogP contribution is -2.23. The molecule has 0 aliphatic heterocycles. The van der Waals surface area contributed by atoms with Crippen LogP contribution >= 0.6 is 27.3 Å². The van der Waals surface area contributed by atoms with Gasteiger partial charge in [0.15, 0.2) is 5.82 Å². The number of aryl methyl sites for hydroxylation is 1. The van der Waals surface area contributed by atoms with Crippen LogP contribution in [-0.2, 0) is 6.42 Å². The molecule has 0 aliphatic rings. The number of hydrogen-bond acceptors (Lipinski definition) is 4. The number of rotatable bonds is 3. The average Bonchev–Trinajstić information content (AvgIpc) is 3.16. The summed E-state index contributed by atoms with van der Waals surface area (Å²) < 4.78 is 3.02. The van der Waals surface area contributed by atoms with Gasteiger partial charge in [-0.25, -0.2) is 0 Å². The first-order valence-electron chi connectivity index (χ1n) is 7.90. The van der Waals surface area contributed by atoms with E-state index in [1.807, 2.05) is 42.5 Å². The summed E-state index contributed by atoms with van der Waals surface area (Å²) >= 11 is 4.77. The van der Waals surface area contributed by atoms with Crippen molar-refractivity contribution in [3.8, 4) is 11.4 Å². The molecule has 2 aromatic heterocycles. The molecule has 0 spiro atoms. The molecule has 0 saturated carbocycles. The topological polar surface area (TPSA) is 47.3 Å². The fourth-order valence-electron chi connectivity index (χ4n) is 2.56. The lowest BCUT2D eigenvalue weighted by atomic mass is 10.1. The average molecular weight is 412 g/mol. The van der Waals surface area contributed by atoms with Gasteiger partial charge in [-0.05, 0) is 35.8 Å². The van der Waals surface area contributed by atoms with E-state index in [4.69, 9.17) is 0 Å². The first-order valence-corrected chi connectivity index (χ1v) is 9.51. The minimum Gasteiger partial charge on any atom is -0.266 e. The molecule has 124 valence electrons. The molecule has 6 heteroatoms. The van der Waals surface area contributed by atoms with Gasteiger partial charge in [0.2, 0.25) is 4.96 Å². The van der Waals surface area contributed by atoms with Gasteiger partial charge >= 0.3 is 0 Å². The largest absolute Gasteiger partial charge is 0.291 e. The maximum Gasteiger partial charge on any atom is 0.291 e. The molecule has 0 atom stereocenters. The summed E-state index contributed by atoms with van der Waals surface area (Å²) in [5.41, 5.74) is 3.04. The summed E-state index contributed by atoms with van der Waals surface area (Å²) in [4.78, 5) is 17.7. The van der Waals surface area contributed by atoms with E-state index >= 15 is 0 Å². The van der Waals surface area contributed by atoms with Crippen molar-refractivity contribution in [3.63, 3.8) is 0 Å². The number of halogens is 1. The molecule has 25 heavy (non-hydrogen) atoms. The normalized spacial score (nSPS) is 12.2. The first kappa shape index (κ1) is 16.2. The molecule has 0 radical (unpaired) electrons. The summed E-state index contributed by atoms with van der Waals surface area (Å²) in [6.45, 7) is 2.12. The van der Waals surface area contributed by atoms with Crippen molar-refractivity contribution in [1.29, 1.82) is 0 Å². The van der Waals surface area contributed by atoms with Crippen LogP contribution in [0, 0.1) is 0 Å². The molecule has 4 nitrogen and oxygen atoms in total. The van der Waals surface area contributed by atoms with Gasteiger partial charge in [0.25, 0.3) is 5.56 Å². The molecule has 0 fully saturated rings. The first-order chi connectivity index (χ1) is 12.1. The summed E-state index contributed by atoms with van der Waals surface area (Å²) in [6.07, 6.45) is 2.89. The Morgan fingerprint density at radius 1 is 1.12 bits per heavy atom. The van der Waals surface area contributed by atoms with Crippen LogP contribution in [0.3, 0.4) is 0 Å². The quantitative estimate of drug-likeness (QED) is 0.516. The number of fused-ring (bicyclic) bond motifs is 1. The molecule has 0 unspecified atom stereocenters. The van der Waals surface area contributed by atoms with E-state index < -0.39 is 0 Å². The number of hydrogen-bond donors (Lipinski definition) is 0. The van der Waals surface area contributed by atoms with Crippen molar-refractivity contribution in [2.24, 2.45) is 0 Å². The Morgan fingerprint density at radius 3 is 2.48 bits per heavy atom. The Bertz CT molecular complexity index is 1140. The number of thiazole rings is 1. The van der Waals surface area contributed by atoms with Crippen molar-refractivity contribution >= 4 is 38.3 Å². The van der Waals surface area contributed by atoms with Crippen molar-refractivity contribution in [3.05, 3.63) is 79.0 Å². The molecule has 0 bridgehead atoms.